The van der Waals surface area contributed by atoms with E-state index in [-0.39, 0.29) is 77.7 Å². The van der Waals surface area contributed by atoms with E-state index in [0.29, 0.717) is 0 Å². The van der Waals surface area contributed by atoms with Gasteiger partial charge in [-0.05, 0) is 0 Å². The number of benzene rings is 6. The number of rotatable bonds is 10. The van der Waals surface area contributed by atoms with Crippen molar-refractivity contribution >= 4 is 37.1 Å². The summed E-state index contributed by atoms with van der Waals surface area (Å²) in [5, 5.41) is 5.62. The van der Waals surface area contributed by atoms with Gasteiger partial charge in [-0.3, -0.25) is 0 Å². The van der Waals surface area contributed by atoms with Crippen molar-refractivity contribution in [3.05, 3.63) is 193 Å². The molecule has 0 aliphatic rings. The molecule has 48 heavy (non-hydrogen) atoms. The number of halogens is 4. The average molecular weight is 1020 g/mol. The van der Waals surface area contributed by atoms with E-state index in [1.807, 2.05) is 12.1 Å². The zero-order valence-corrected chi connectivity index (χ0v) is 36.0. The summed E-state index contributed by atoms with van der Waals surface area (Å²) in [5.74, 6) is 0. The third kappa shape index (κ3) is 14.0. The van der Waals surface area contributed by atoms with Crippen molar-refractivity contribution in [3.8, 4) is 0 Å². The van der Waals surface area contributed by atoms with Gasteiger partial charge in [-0.25, -0.2) is 0 Å². The Morgan fingerprint density at radius 2 is 0.500 bits per heavy atom. The molecular formula is C40H36Br4Ni2P2. The van der Waals surface area contributed by atoms with Gasteiger partial charge in [0.25, 0.3) is 0 Å². The summed E-state index contributed by atoms with van der Waals surface area (Å²) in [6.07, 6.45) is 2.04. The SMILES string of the molecule is [Br-].[Br-].[Br-].[Br-].[Ni+2][C@@H](CP(c1ccccc1)c1ccccc1)c1ccccc1.[Ni+2][CH](CP(c1ccccc1)c1ccccc1)c1ccccc1. The Bertz CT molecular complexity index is 1430. The fourth-order valence-corrected chi connectivity index (χ4v) is 11.0. The molecule has 0 radical (unpaired) electrons. The van der Waals surface area contributed by atoms with E-state index in [1.165, 1.54) is 32.3 Å². The molecule has 2 atom stereocenters. The van der Waals surface area contributed by atoms with Crippen LogP contribution in [0.4, 0.5) is 0 Å². The number of hydrogen-bond acceptors (Lipinski definition) is 0. The Morgan fingerprint density at radius 3 is 0.708 bits per heavy atom. The Morgan fingerprint density at radius 1 is 0.312 bits per heavy atom. The van der Waals surface area contributed by atoms with Crippen LogP contribution in [0.1, 0.15) is 20.9 Å². The molecule has 0 spiro atoms. The second-order valence-electron chi connectivity index (χ2n) is 10.2. The molecule has 1 unspecified atom stereocenters. The Balaban J connectivity index is 0.000000443. The fraction of sp³-hybridized carbons (Fsp3) is 0.100. The molecule has 0 saturated heterocycles. The summed E-state index contributed by atoms with van der Waals surface area (Å²) < 4.78 is 0. The summed E-state index contributed by atoms with van der Waals surface area (Å²) in [6, 6.07) is 64.2. The quantitative estimate of drug-likeness (QED) is 0.101. The van der Waals surface area contributed by atoms with Crippen LogP contribution in [-0.4, -0.2) is 12.3 Å². The molecule has 0 aliphatic carbocycles. The molecule has 6 aromatic rings. The van der Waals surface area contributed by atoms with Gasteiger partial charge in [-0.2, -0.15) is 0 Å². The van der Waals surface area contributed by atoms with Crippen LogP contribution in [0.3, 0.4) is 0 Å². The van der Waals surface area contributed by atoms with Crippen LogP contribution >= 0.6 is 15.8 Å². The predicted octanol–water partition coefficient (Wildman–Crippen LogP) is -3.17. The molecule has 0 amide bonds. The Hall–Kier alpha value is -0.913. The summed E-state index contributed by atoms with van der Waals surface area (Å²) in [5.41, 5.74) is 2.53. The van der Waals surface area contributed by atoms with Gasteiger partial charge in [-0.15, -0.1) is 0 Å². The standard InChI is InChI=1S/2C20H18P.4BrH.2Ni/c2*1-4-10-18(11-5-1)16-17-21(19-12-6-2-7-13-19)20-14-8-3-9-15-20;;;;;;/h2*1-16H,17H2;4*1H;;/q;;;;;;2*+2/p-4. The van der Waals surface area contributed by atoms with E-state index in [1.54, 1.807) is 0 Å². The topological polar surface area (TPSA) is 0 Å². The molecular weight excluding hydrogens is 979 g/mol. The van der Waals surface area contributed by atoms with Crippen LogP contribution in [0, 0.1) is 0 Å². The van der Waals surface area contributed by atoms with Crippen molar-refractivity contribution in [2.24, 2.45) is 0 Å². The molecule has 0 fully saturated rings. The maximum absolute atomic E-state index is 5.45. The minimum absolute atomic E-state index is 0. The summed E-state index contributed by atoms with van der Waals surface area (Å²) in [4.78, 5) is 0.375. The van der Waals surface area contributed by atoms with Gasteiger partial charge in [-0.1, -0.05) is 0 Å². The van der Waals surface area contributed by atoms with E-state index in [2.05, 4.69) is 170 Å². The first-order valence-electron chi connectivity index (χ1n) is 14.7. The second-order valence-corrected chi connectivity index (χ2v) is 16.1. The molecule has 0 nitrogen and oxygen atoms in total. The molecule has 0 saturated carbocycles. The molecule has 0 aromatic heterocycles. The molecule has 6 aromatic carbocycles. The van der Waals surface area contributed by atoms with Crippen LogP contribution in [0.15, 0.2) is 182 Å². The maximum atomic E-state index is 5.45. The second kappa shape index (κ2) is 25.1. The minimum atomic E-state index is -0.408. The monoisotopic (exact) mass is 1010 g/mol. The third-order valence-electron chi connectivity index (χ3n) is 7.22. The normalized spacial score (nSPS) is 11.2. The van der Waals surface area contributed by atoms with E-state index >= 15 is 0 Å². The van der Waals surface area contributed by atoms with Crippen molar-refractivity contribution in [2.45, 2.75) is 9.78 Å². The summed E-state index contributed by atoms with van der Waals surface area (Å²) >= 11 is 10.9. The van der Waals surface area contributed by atoms with Crippen molar-refractivity contribution in [1.82, 2.24) is 0 Å². The molecule has 254 valence electrons. The Labute approximate surface area is 347 Å². The molecule has 6 rings (SSSR count). The first kappa shape index (κ1) is 45.1. The Kier molecular flexibility index (Phi) is 23.6. The zero-order valence-electron chi connectivity index (χ0n) is 25.9. The first-order valence-corrected chi connectivity index (χ1v) is 18.9. The van der Waals surface area contributed by atoms with Crippen molar-refractivity contribution in [2.75, 3.05) is 12.3 Å². The van der Waals surface area contributed by atoms with Gasteiger partial charge in [0.2, 0.25) is 0 Å². The van der Waals surface area contributed by atoms with Gasteiger partial charge < -0.3 is 67.9 Å². The molecule has 0 N–H and O–H groups in total. The molecule has 0 bridgehead atoms. The fourth-order valence-electron chi connectivity index (χ4n) is 4.96. The van der Waals surface area contributed by atoms with Crippen LogP contribution < -0.4 is 89.1 Å². The summed E-state index contributed by atoms with van der Waals surface area (Å²) in [6.45, 7) is 0. The molecule has 0 heterocycles. The zero-order chi connectivity index (χ0) is 30.4. The first-order chi connectivity index (χ1) is 21.7. The van der Waals surface area contributed by atoms with E-state index in [4.69, 9.17) is 30.9 Å². The van der Waals surface area contributed by atoms with Crippen molar-refractivity contribution < 1.29 is 98.9 Å². The molecule has 8 heteroatoms. The predicted molar refractivity (Wildman–Crippen MR) is 186 cm³/mol. The van der Waals surface area contributed by atoms with Crippen molar-refractivity contribution in [1.29, 1.82) is 0 Å². The van der Waals surface area contributed by atoms with E-state index < -0.39 is 15.8 Å². The van der Waals surface area contributed by atoms with Crippen molar-refractivity contribution in [3.63, 3.8) is 0 Å². The van der Waals surface area contributed by atoms with Gasteiger partial charge >= 0.3 is 283 Å². The van der Waals surface area contributed by atoms with Gasteiger partial charge in [0.05, 0.1) is 0 Å². The van der Waals surface area contributed by atoms with Crippen LogP contribution in [0.5, 0.6) is 0 Å². The van der Waals surface area contributed by atoms with Crippen LogP contribution in [0.2, 0.25) is 0 Å². The van der Waals surface area contributed by atoms with Gasteiger partial charge in [0.1, 0.15) is 0 Å². The van der Waals surface area contributed by atoms with E-state index in [9.17, 15) is 0 Å². The van der Waals surface area contributed by atoms with E-state index in [0.717, 1.165) is 12.3 Å². The third-order valence-corrected chi connectivity index (χ3v) is 14.0. The van der Waals surface area contributed by atoms with Crippen LogP contribution in [-0.2, 0) is 30.9 Å². The average Bonchev–Trinajstić information content (AvgIpc) is 3.12. The molecule has 0 aliphatic heterocycles. The van der Waals surface area contributed by atoms with Gasteiger partial charge in [0, 0.05) is 0 Å². The van der Waals surface area contributed by atoms with Crippen LogP contribution in [0.25, 0.3) is 0 Å². The number of hydrogen-bond donors (Lipinski definition) is 0. The van der Waals surface area contributed by atoms with Gasteiger partial charge in [0.15, 0.2) is 0 Å². The summed E-state index contributed by atoms with van der Waals surface area (Å²) in [7, 11) is -0.815.